The molecular formula is C18H27ClN2OS. The fraction of sp³-hybridized carbons (Fsp3) is 0.611. The number of likely N-dealkylation sites (tertiary alicyclic amines) is 1. The smallest absolute Gasteiger partial charge is 0.232 e. The van der Waals surface area contributed by atoms with Crippen molar-refractivity contribution in [2.24, 2.45) is 11.8 Å². The number of fused-ring (bicyclic) bond motifs is 1. The first-order chi connectivity index (χ1) is 10.6. The molecule has 2 aliphatic rings. The standard InChI is InChI=1S/C18H26N2OS.ClH/c1-13-3-4-17(14(2)9-13)22-12-18(21)20-7-5-15-10-19-11-16(15)6-8-20;/h3-4,9,15-16,19H,5-8,10-12H2,1-2H3;1H/t15-,16+;. The summed E-state index contributed by atoms with van der Waals surface area (Å²) in [4.78, 5) is 15.8. The molecule has 128 valence electrons. The van der Waals surface area contributed by atoms with Crippen molar-refractivity contribution in [3.05, 3.63) is 29.3 Å². The van der Waals surface area contributed by atoms with Crippen molar-refractivity contribution < 1.29 is 4.79 Å². The van der Waals surface area contributed by atoms with Gasteiger partial charge in [-0.2, -0.15) is 0 Å². The average Bonchev–Trinajstić information content (AvgIpc) is 2.85. The number of amides is 1. The van der Waals surface area contributed by atoms with Crippen LogP contribution < -0.4 is 5.32 Å². The fourth-order valence-electron chi connectivity index (χ4n) is 3.66. The molecule has 0 aromatic heterocycles. The second kappa shape index (κ2) is 8.41. The molecule has 2 saturated heterocycles. The first-order valence-electron chi connectivity index (χ1n) is 8.32. The number of halogens is 1. The topological polar surface area (TPSA) is 32.3 Å². The van der Waals surface area contributed by atoms with Crippen molar-refractivity contribution in [2.45, 2.75) is 31.6 Å². The minimum Gasteiger partial charge on any atom is -0.342 e. The highest BCUT2D eigenvalue weighted by Gasteiger charge is 2.31. The van der Waals surface area contributed by atoms with Crippen LogP contribution in [0.3, 0.4) is 0 Å². The molecule has 0 unspecified atom stereocenters. The lowest BCUT2D eigenvalue weighted by atomic mass is 9.92. The van der Waals surface area contributed by atoms with E-state index in [0.717, 1.165) is 50.9 Å². The highest BCUT2D eigenvalue weighted by molar-refractivity contribution is 8.00. The molecule has 0 saturated carbocycles. The maximum atomic E-state index is 12.5. The number of thioether (sulfide) groups is 1. The molecule has 0 spiro atoms. The first-order valence-corrected chi connectivity index (χ1v) is 9.30. The maximum Gasteiger partial charge on any atom is 0.232 e. The van der Waals surface area contributed by atoms with E-state index in [4.69, 9.17) is 0 Å². The van der Waals surface area contributed by atoms with Gasteiger partial charge in [0.15, 0.2) is 0 Å². The Morgan fingerprint density at radius 1 is 1.22 bits per heavy atom. The van der Waals surface area contributed by atoms with Crippen LogP contribution in [0.1, 0.15) is 24.0 Å². The number of nitrogens with one attached hydrogen (secondary N) is 1. The van der Waals surface area contributed by atoms with Crippen LogP contribution in [0.25, 0.3) is 0 Å². The van der Waals surface area contributed by atoms with Crippen LogP contribution in [0.2, 0.25) is 0 Å². The van der Waals surface area contributed by atoms with Gasteiger partial charge in [0.1, 0.15) is 0 Å². The number of rotatable bonds is 3. The van der Waals surface area contributed by atoms with Gasteiger partial charge >= 0.3 is 0 Å². The lowest BCUT2D eigenvalue weighted by molar-refractivity contribution is -0.128. The zero-order chi connectivity index (χ0) is 15.5. The molecule has 2 aliphatic heterocycles. The highest BCUT2D eigenvalue weighted by atomic mass is 35.5. The van der Waals surface area contributed by atoms with E-state index in [-0.39, 0.29) is 12.4 Å². The normalized spacial score (nSPS) is 23.8. The number of hydrogen-bond donors (Lipinski definition) is 1. The Hall–Kier alpha value is -0.710. The van der Waals surface area contributed by atoms with Crippen molar-refractivity contribution in [1.82, 2.24) is 10.2 Å². The maximum absolute atomic E-state index is 12.5. The van der Waals surface area contributed by atoms with Gasteiger partial charge in [-0.3, -0.25) is 4.79 Å². The number of carbonyl (C=O) groups excluding carboxylic acids is 1. The van der Waals surface area contributed by atoms with Crippen molar-refractivity contribution in [1.29, 1.82) is 0 Å². The van der Waals surface area contributed by atoms with Crippen LogP contribution in [0, 0.1) is 25.7 Å². The first kappa shape index (κ1) is 18.6. The molecule has 2 fully saturated rings. The summed E-state index contributed by atoms with van der Waals surface area (Å²) >= 11 is 1.68. The molecule has 0 radical (unpaired) electrons. The molecule has 0 aliphatic carbocycles. The monoisotopic (exact) mass is 354 g/mol. The van der Waals surface area contributed by atoms with Gasteiger partial charge in [0.25, 0.3) is 0 Å². The van der Waals surface area contributed by atoms with Crippen molar-refractivity contribution >= 4 is 30.1 Å². The molecule has 2 heterocycles. The summed E-state index contributed by atoms with van der Waals surface area (Å²) in [5.41, 5.74) is 2.55. The molecule has 1 amide bonds. The van der Waals surface area contributed by atoms with Gasteiger partial charge in [-0.15, -0.1) is 24.2 Å². The quantitative estimate of drug-likeness (QED) is 0.845. The van der Waals surface area contributed by atoms with E-state index >= 15 is 0 Å². The minimum absolute atomic E-state index is 0. The summed E-state index contributed by atoms with van der Waals surface area (Å²) in [6.07, 6.45) is 2.33. The zero-order valence-electron chi connectivity index (χ0n) is 14.0. The fourth-order valence-corrected chi connectivity index (χ4v) is 4.57. The molecule has 0 bridgehead atoms. The van der Waals surface area contributed by atoms with Crippen LogP contribution in [0.15, 0.2) is 23.1 Å². The Labute approximate surface area is 150 Å². The van der Waals surface area contributed by atoms with E-state index in [9.17, 15) is 4.79 Å². The van der Waals surface area contributed by atoms with E-state index < -0.39 is 0 Å². The van der Waals surface area contributed by atoms with Crippen molar-refractivity contribution in [3.63, 3.8) is 0 Å². The van der Waals surface area contributed by atoms with Gasteiger partial charge in [0.05, 0.1) is 5.75 Å². The molecule has 1 N–H and O–H groups in total. The predicted octanol–water partition coefficient (Wildman–Crippen LogP) is 3.28. The van der Waals surface area contributed by atoms with Gasteiger partial charge < -0.3 is 10.2 Å². The highest BCUT2D eigenvalue weighted by Crippen LogP contribution is 2.28. The predicted molar refractivity (Wildman–Crippen MR) is 99.6 cm³/mol. The molecule has 1 aromatic rings. The summed E-state index contributed by atoms with van der Waals surface area (Å²) < 4.78 is 0. The lowest BCUT2D eigenvalue weighted by Gasteiger charge is -2.21. The summed E-state index contributed by atoms with van der Waals surface area (Å²) in [5.74, 6) is 2.44. The summed E-state index contributed by atoms with van der Waals surface area (Å²) in [7, 11) is 0. The molecule has 3 nitrogen and oxygen atoms in total. The number of benzene rings is 1. The van der Waals surface area contributed by atoms with Crippen molar-refractivity contribution in [2.75, 3.05) is 31.9 Å². The molecule has 3 rings (SSSR count). The number of carbonyl (C=O) groups is 1. The molecule has 1 aromatic carbocycles. The third-order valence-electron chi connectivity index (χ3n) is 5.05. The van der Waals surface area contributed by atoms with Crippen LogP contribution in [-0.2, 0) is 4.79 Å². The Kier molecular flexibility index (Phi) is 6.81. The minimum atomic E-state index is 0. The molecule has 2 atom stereocenters. The third kappa shape index (κ3) is 4.65. The van der Waals surface area contributed by atoms with Gasteiger partial charge in [0.2, 0.25) is 5.91 Å². The summed E-state index contributed by atoms with van der Waals surface area (Å²) in [6, 6.07) is 6.45. The van der Waals surface area contributed by atoms with E-state index in [2.05, 4.69) is 42.3 Å². The molecule has 23 heavy (non-hydrogen) atoms. The SMILES string of the molecule is Cc1ccc(SCC(=O)N2CC[C@@H]3CNC[C@@H]3CC2)c(C)c1.Cl. The Balaban J connectivity index is 0.00000192. The van der Waals surface area contributed by atoms with Crippen molar-refractivity contribution in [3.8, 4) is 0 Å². The Morgan fingerprint density at radius 3 is 2.48 bits per heavy atom. The lowest BCUT2D eigenvalue weighted by Crippen LogP contribution is -2.34. The van der Waals surface area contributed by atoms with E-state index in [0.29, 0.717) is 11.7 Å². The van der Waals surface area contributed by atoms with E-state index in [1.165, 1.54) is 16.0 Å². The zero-order valence-corrected chi connectivity index (χ0v) is 15.6. The second-order valence-electron chi connectivity index (χ2n) is 6.69. The van der Waals surface area contributed by atoms with Crippen LogP contribution in [0.4, 0.5) is 0 Å². The van der Waals surface area contributed by atoms with Crippen LogP contribution in [-0.4, -0.2) is 42.7 Å². The summed E-state index contributed by atoms with van der Waals surface area (Å²) in [5, 5.41) is 3.49. The molecular weight excluding hydrogens is 328 g/mol. The summed E-state index contributed by atoms with van der Waals surface area (Å²) in [6.45, 7) is 8.40. The third-order valence-corrected chi connectivity index (χ3v) is 6.21. The van der Waals surface area contributed by atoms with E-state index in [1.54, 1.807) is 11.8 Å². The second-order valence-corrected chi connectivity index (χ2v) is 7.71. The largest absolute Gasteiger partial charge is 0.342 e. The van der Waals surface area contributed by atoms with Gasteiger partial charge in [-0.25, -0.2) is 0 Å². The Morgan fingerprint density at radius 2 is 1.87 bits per heavy atom. The molecule has 5 heteroatoms. The Bertz CT molecular complexity index is 538. The van der Waals surface area contributed by atoms with Crippen LogP contribution in [0.5, 0.6) is 0 Å². The number of aryl methyl sites for hydroxylation is 2. The average molecular weight is 355 g/mol. The van der Waals surface area contributed by atoms with Gasteiger partial charge in [-0.1, -0.05) is 17.7 Å². The van der Waals surface area contributed by atoms with Gasteiger partial charge in [0, 0.05) is 18.0 Å². The number of hydrogen-bond acceptors (Lipinski definition) is 3. The van der Waals surface area contributed by atoms with Gasteiger partial charge in [-0.05, 0) is 63.2 Å². The number of nitrogens with zero attached hydrogens (tertiary/aromatic N) is 1. The van der Waals surface area contributed by atoms with Crippen LogP contribution >= 0.6 is 24.2 Å². The van der Waals surface area contributed by atoms with E-state index in [1.807, 2.05) is 0 Å².